The molecule has 0 bridgehead atoms. The molecule has 4 rings (SSSR count). The maximum atomic E-state index is 12.7. The minimum atomic E-state index is -0.421. The molecule has 0 radical (unpaired) electrons. The first-order valence-electron chi connectivity index (χ1n) is 9.43. The number of carbonyl (C=O) groups excluding carboxylic acids is 2. The third-order valence-corrected chi connectivity index (χ3v) is 4.94. The maximum absolute atomic E-state index is 12.7. The normalized spacial score (nSPS) is 16.3. The second kappa shape index (κ2) is 8.12. The molecule has 0 aliphatic carbocycles. The SMILES string of the molecule is O=C(Nc1ccc(-n2cccn2)cc1)[C@@H]1CCCN1C(=O)CCc1ccco1. The highest BCUT2D eigenvalue weighted by atomic mass is 16.3. The van der Waals surface area contributed by atoms with Crippen LogP contribution in [-0.4, -0.2) is 39.1 Å². The first-order valence-corrected chi connectivity index (χ1v) is 9.43. The number of benzene rings is 1. The Bertz CT molecular complexity index is 917. The molecular weight excluding hydrogens is 356 g/mol. The zero-order chi connectivity index (χ0) is 19.3. The topological polar surface area (TPSA) is 80.4 Å². The smallest absolute Gasteiger partial charge is 0.247 e. The number of aryl methyl sites for hydroxylation is 1. The van der Waals surface area contributed by atoms with Crippen LogP contribution in [0.3, 0.4) is 0 Å². The van der Waals surface area contributed by atoms with Crippen molar-refractivity contribution in [3.8, 4) is 5.69 Å². The molecule has 28 heavy (non-hydrogen) atoms. The summed E-state index contributed by atoms with van der Waals surface area (Å²) in [5.74, 6) is 0.629. The highest BCUT2D eigenvalue weighted by Gasteiger charge is 2.33. The van der Waals surface area contributed by atoms with Gasteiger partial charge in [-0.3, -0.25) is 9.59 Å². The Labute approximate surface area is 162 Å². The Morgan fingerprint density at radius 2 is 2.04 bits per heavy atom. The highest BCUT2D eigenvalue weighted by molar-refractivity contribution is 5.97. The first-order chi connectivity index (χ1) is 13.7. The van der Waals surface area contributed by atoms with Crippen LogP contribution in [0.25, 0.3) is 5.69 Å². The number of carbonyl (C=O) groups is 2. The molecule has 1 atom stereocenters. The number of furan rings is 1. The standard InChI is InChI=1S/C21H22N4O3/c26-20(11-10-18-4-2-15-28-18)24-13-1-5-19(24)21(27)23-16-6-8-17(9-7-16)25-14-3-12-22-25/h2-4,6-9,12,14-15,19H,1,5,10-11,13H2,(H,23,27)/t19-/m0/s1. The summed E-state index contributed by atoms with van der Waals surface area (Å²) in [6.45, 7) is 0.618. The summed E-state index contributed by atoms with van der Waals surface area (Å²) in [6, 6.07) is 12.6. The number of nitrogens with zero attached hydrogens (tertiary/aromatic N) is 3. The number of hydrogen-bond donors (Lipinski definition) is 1. The average Bonchev–Trinajstić information content (AvgIpc) is 3.49. The first kappa shape index (κ1) is 18.0. The van der Waals surface area contributed by atoms with Crippen molar-refractivity contribution < 1.29 is 14.0 Å². The van der Waals surface area contributed by atoms with Crippen molar-refractivity contribution in [2.24, 2.45) is 0 Å². The summed E-state index contributed by atoms with van der Waals surface area (Å²) >= 11 is 0. The molecule has 1 aromatic carbocycles. The number of amides is 2. The second-order valence-electron chi connectivity index (χ2n) is 6.81. The zero-order valence-corrected chi connectivity index (χ0v) is 15.5. The van der Waals surface area contributed by atoms with Gasteiger partial charge in [-0.15, -0.1) is 0 Å². The van der Waals surface area contributed by atoms with E-state index in [0.29, 0.717) is 31.5 Å². The molecule has 1 N–H and O–H groups in total. The Morgan fingerprint density at radius 3 is 2.75 bits per heavy atom. The van der Waals surface area contributed by atoms with E-state index < -0.39 is 6.04 Å². The Hall–Kier alpha value is -3.35. The number of likely N-dealkylation sites (tertiary alicyclic amines) is 1. The van der Waals surface area contributed by atoms with Gasteiger partial charge >= 0.3 is 0 Å². The molecule has 0 saturated carbocycles. The lowest BCUT2D eigenvalue weighted by atomic mass is 10.1. The molecule has 1 aliphatic heterocycles. The number of nitrogens with one attached hydrogen (secondary N) is 1. The van der Waals surface area contributed by atoms with Crippen molar-refractivity contribution in [1.29, 1.82) is 0 Å². The summed E-state index contributed by atoms with van der Waals surface area (Å²) in [7, 11) is 0. The van der Waals surface area contributed by atoms with Gasteiger partial charge in [0.15, 0.2) is 0 Å². The van der Waals surface area contributed by atoms with E-state index >= 15 is 0 Å². The van der Waals surface area contributed by atoms with E-state index in [1.807, 2.05) is 48.7 Å². The number of aromatic nitrogens is 2. The third kappa shape index (κ3) is 3.98. The van der Waals surface area contributed by atoms with Crippen LogP contribution in [0.4, 0.5) is 5.69 Å². The molecule has 1 fully saturated rings. The van der Waals surface area contributed by atoms with Crippen LogP contribution in [0.1, 0.15) is 25.0 Å². The van der Waals surface area contributed by atoms with E-state index in [4.69, 9.17) is 4.42 Å². The van der Waals surface area contributed by atoms with E-state index in [2.05, 4.69) is 10.4 Å². The minimum Gasteiger partial charge on any atom is -0.469 e. The molecule has 3 heterocycles. The largest absolute Gasteiger partial charge is 0.469 e. The van der Waals surface area contributed by atoms with Gasteiger partial charge in [0.05, 0.1) is 12.0 Å². The third-order valence-electron chi connectivity index (χ3n) is 4.94. The summed E-state index contributed by atoms with van der Waals surface area (Å²) in [6.07, 6.45) is 7.59. The van der Waals surface area contributed by atoms with E-state index in [1.54, 1.807) is 22.0 Å². The minimum absolute atomic E-state index is 0.0110. The Balaban J connectivity index is 1.36. The monoisotopic (exact) mass is 378 g/mol. The second-order valence-corrected chi connectivity index (χ2v) is 6.81. The fourth-order valence-corrected chi connectivity index (χ4v) is 3.51. The predicted molar refractivity (Wildman–Crippen MR) is 104 cm³/mol. The van der Waals surface area contributed by atoms with Gasteiger partial charge in [0.25, 0.3) is 0 Å². The highest BCUT2D eigenvalue weighted by Crippen LogP contribution is 2.21. The summed E-state index contributed by atoms with van der Waals surface area (Å²) in [5, 5.41) is 7.11. The fraction of sp³-hybridized carbons (Fsp3) is 0.286. The van der Waals surface area contributed by atoms with E-state index in [-0.39, 0.29) is 11.8 Å². The van der Waals surface area contributed by atoms with Crippen LogP contribution < -0.4 is 5.32 Å². The van der Waals surface area contributed by atoms with Gasteiger partial charge in [-0.1, -0.05) is 0 Å². The molecule has 3 aromatic rings. The van der Waals surface area contributed by atoms with Crippen LogP contribution in [0.2, 0.25) is 0 Å². The van der Waals surface area contributed by atoms with Crippen LogP contribution in [0.5, 0.6) is 0 Å². The number of rotatable bonds is 6. The molecule has 0 spiro atoms. The average molecular weight is 378 g/mol. The summed E-state index contributed by atoms with van der Waals surface area (Å²) in [5.41, 5.74) is 1.62. The fourth-order valence-electron chi connectivity index (χ4n) is 3.51. The lowest BCUT2D eigenvalue weighted by molar-refractivity contribution is -0.136. The van der Waals surface area contributed by atoms with Gasteiger partial charge in [-0.05, 0) is 55.3 Å². The predicted octanol–water partition coefficient (Wildman–Crippen LogP) is 3.03. The molecule has 1 aliphatic rings. The van der Waals surface area contributed by atoms with Crippen LogP contribution >= 0.6 is 0 Å². The van der Waals surface area contributed by atoms with Crippen LogP contribution in [0, 0.1) is 0 Å². The van der Waals surface area contributed by atoms with E-state index in [1.165, 1.54) is 0 Å². The quantitative estimate of drug-likeness (QED) is 0.715. The molecule has 2 amide bonds. The van der Waals surface area contributed by atoms with Gasteiger partial charge in [-0.2, -0.15) is 5.10 Å². The van der Waals surface area contributed by atoms with Crippen molar-refractivity contribution in [3.63, 3.8) is 0 Å². The number of anilines is 1. The van der Waals surface area contributed by atoms with Gasteiger partial charge in [-0.25, -0.2) is 4.68 Å². The van der Waals surface area contributed by atoms with Crippen molar-refractivity contribution in [3.05, 3.63) is 66.9 Å². The summed E-state index contributed by atoms with van der Waals surface area (Å²) < 4.78 is 7.03. The van der Waals surface area contributed by atoms with Crippen molar-refractivity contribution in [2.45, 2.75) is 31.7 Å². The molecule has 1 saturated heterocycles. The van der Waals surface area contributed by atoms with Crippen molar-refractivity contribution in [2.75, 3.05) is 11.9 Å². The van der Waals surface area contributed by atoms with Crippen LogP contribution in [-0.2, 0) is 16.0 Å². The number of hydrogen-bond acceptors (Lipinski definition) is 4. The van der Waals surface area contributed by atoms with E-state index in [0.717, 1.165) is 17.9 Å². The molecule has 7 heteroatoms. The van der Waals surface area contributed by atoms with Crippen LogP contribution in [0.15, 0.2) is 65.5 Å². The lowest BCUT2D eigenvalue weighted by Gasteiger charge is -2.24. The molecule has 144 valence electrons. The molecular formula is C21H22N4O3. The zero-order valence-electron chi connectivity index (χ0n) is 15.5. The molecule has 2 aromatic heterocycles. The Morgan fingerprint density at radius 1 is 1.18 bits per heavy atom. The van der Waals surface area contributed by atoms with Gasteiger partial charge < -0.3 is 14.6 Å². The van der Waals surface area contributed by atoms with Crippen molar-refractivity contribution in [1.82, 2.24) is 14.7 Å². The van der Waals surface area contributed by atoms with Gasteiger partial charge in [0, 0.05) is 37.5 Å². The molecule has 7 nitrogen and oxygen atoms in total. The van der Waals surface area contributed by atoms with Gasteiger partial charge in [0.2, 0.25) is 11.8 Å². The summed E-state index contributed by atoms with van der Waals surface area (Å²) in [4.78, 5) is 27.0. The van der Waals surface area contributed by atoms with Crippen molar-refractivity contribution >= 4 is 17.5 Å². The molecule has 0 unspecified atom stereocenters. The van der Waals surface area contributed by atoms with Gasteiger partial charge in [0.1, 0.15) is 11.8 Å². The lowest BCUT2D eigenvalue weighted by Crippen LogP contribution is -2.43. The maximum Gasteiger partial charge on any atom is 0.247 e. The van der Waals surface area contributed by atoms with E-state index in [9.17, 15) is 9.59 Å². The Kier molecular flexibility index (Phi) is 5.23.